The highest BCUT2D eigenvalue weighted by Crippen LogP contribution is 2.37. The molecule has 0 N–H and O–H groups in total. The maximum atomic E-state index is 12.8. The molecule has 0 saturated carbocycles. The van der Waals surface area contributed by atoms with Gasteiger partial charge in [-0.3, -0.25) is 4.18 Å². The van der Waals surface area contributed by atoms with Crippen LogP contribution in [0.25, 0.3) is 0 Å². The van der Waals surface area contributed by atoms with E-state index in [1.165, 1.54) is 7.11 Å². The predicted molar refractivity (Wildman–Crippen MR) is 111 cm³/mol. The molecule has 0 aliphatic carbocycles. The van der Waals surface area contributed by atoms with E-state index in [0.29, 0.717) is 5.56 Å². The molecule has 2 aromatic carbocycles. The Labute approximate surface area is 186 Å². The number of esters is 1. The zero-order chi connectivity index (χ0) is 22.7. The third-order valence-corrected chi connectivity index (χ3v) is 5.70. The highest BCUT2D eigenvalue weighted by atomic mass is 32.2. The number of fused-ring (bicyclic) bond motifs is 1. The van der Waals surface area contributed by atoms with Gasteiger partial charge < -0.3 is 23.7 Å². The van der Waals surface area contributed by atoms with E-state index >= 15 is 0 Å². The average Bonchev–Trinajstić information content (AvgIpc) is 2.80. The Hall–Kier alpha value is -2.34. The molecule has 0 radical (unpaired) electrons. The lowest BCUT2D eigenvalue weighted by Crippen LogP contribution is -2.64. The Morgan fingerprint density at radius 3 is 2.25 bits per heavy atom. The fraction of sp³-hybridized carbons (Fsp3) is 0.409. The molecule has 0 amide bonds. The monoisotopic (exact) mass is 464 g/mol. The molecule has 2 heterocycles. The molecule has 0 bridgehead atoms. The summed E-state index contributed by atoms with van der Waals surface area (Å²) < 4.78 is 58.0. The zero-order valence-corrected chi connectivity index (χ0v) is 18.3. The van der Waals surface area contributed by atoms with Gasteiger partial charge in [0.2, 0.25) is 0 Å². The number of carbonyl (C=O) groups is 1. The van der Waals surface area contributed by atoms with Crippen LogP contribution in [0, 0.1) is 0 Å². The van der Waals surface area contributed by atoms with Crippen molar-refractivity contribution in [2.24, 2.45) is 0 Å². The minimum Gasteiger partial charge on any atom is -0.453 e. The molecule has 0 unspecified atom stereocenters. The molecule has 2 aromatic rings. The van der Waals surface area contributed by atoms with Crippen molar-refractivity contribution >= 4 is 16.1 Å². The molecule has 10 heteroatoms. The molecular formula is C22H24O9S. The summed E-state index contributed by atoms with van der Waals surface area (Å²) in [6, 6.07) is 17.6. The lowest BCUT2D eigenvalue weighted by Gasteiger charge is -2.47. The maximum absolute atomic E-state index is 12.8. The number of ether oxygens (including phenoxy) is 5. The molecule has 0 spiro atoms. The standard InChI is InChI=1S/C22H24O9S/c1-26-22-19(31-32(2,24)25)18(29-20(23)14-9-5-3-6-10-14)17-16(28-22)13-27-21(30-17)15-11-7-4-8-12-15/h3-12,16-19,21-22H,13H2,1-2H3/t16-,17-,18+,19-,21+,22-/m1/s1. The largest absolute Gasteiger partial charge is 0.453 e. The lowest BCUT2D eigenvalue weighted by molar-refractivity contribution is -0.353. The van der Waals surface area contributed by atoms with Crippen molar-refractivity contribution in [3.63, 3.8) is 0 Å². The van der Waals surface area contributed by atoms with Crippen molar-refractivity contribution in [3.8, 4) is 0 Å². The fourth-order valence-electron chi connectivity index (χ4n) is 3.72. The summed E-state index contributed by atoms with van der Waals surface area (Å²) in [5.74, 6) is -0.653. The molecule has 2 aliphatic heterocycles. The van der Waals surface area contributed by atoms with E-state index in [1.54, 1.807) is 30.3 Å². The first-order chi connectivity index (χ1) is 15.4. The maximum Gasteiger partial charge on any atom is 0.338 e. The minimum atomic E-state index is -3.94. The van der Waals surface area contributed by atoms with Crippen LogP contribution in [0.5, 0.6) is 0 Å². The summed E-state index contributed by atoms with van der Waals surface area (Å²) in [7, 11) is -2.60. The fourth-order valence-corrected chi connectivity index (χ4v) is 4.32. The Bertz CT molecular complexity index is 1010. The first kappa shape index (κ1) is 22.8. The Morgan fingerprint density at radius 2 is 1.62 bits per heavy atom. The summed E-state index contributed by atoms with van der Waals surface area (Å²) in [6.07, 6.45) is -4.93. The van der Waals surface area contributed by atoms with E-state index in [4.69, 9.17) is 27.9 Å². The second-order valence-corrected chi connectivity index (χ2v) is 9.06. The normalized spacial score (nSPS) is 30.3. The number of carbonyl (C=O) groups excluding carboxylic acids is 1. The van der Waals surface area contributed by atoms with Crippen LogP contribution < -0.4 is 0 Å². The smallest absolute Gasteiger partial charge is 0.338 e. The van der Waals surface area contributed by atoms with Crippen LogP contribution >= 0.6 is 0 Å². The Balaban J connectivity index is 1.65. The predicted octanol–water partition coefficient (Wildman–Crippen LogP) is 2.04. The molecule has 172 valence electrons. The zero-order valence-electron chi connectivity index (χ0n) is 17.5. The van der Waals surface area contributed by atoms with Crippen molar-refractivity contribution < 1.29 is 41.1 Å². The summed E-state index contributed by atoms with van der Waals surface area (Å²) in [5, 5.41) is 0. The molecule has 9 nitrogen and oxygen atoms in total. The Kier molecular flexibility index (Phi) is 6.89. The number of methoxy groups -OCH3 is 1. The highest BCUT2D eigenvalue weighted by Gasteiger charge is 2.54. The quantitative estimate of drug-likeness (QED) is 0.469. The summed E-state index contributed by atoms with van der Waals surface area (Å²) >= 11 is 0. The Morgan fingerprint density at radius 1 is 0.969 bits per heavy atom. The SMILES string of the molecule is CO[C@@H]1O[C@@H]2CO[C@H](c3ccccc3)O[C@H]2[C@H](OC(=O)c2ccccc2)[C@H]1OS(C)(=O)=O. The van der Waals surface area contributed by atoms with Crippen LogP contribution in [-0.2, 0) is 38.0 Å². The van der Waals surface area contributed by atoms with Gasteiger partial charge in [0.25, 0.3) is 10.1 Å². The van der Waals surface area contributed by atoms with Gasteiger partial charge in [-0.25, -0.2) is 4.79 Å². The average molecular weight is 464 g/mol. The van der Waals surface area contributed by atoms with Crippen molar-refractivity contribution in [2.75, 3.05) is 20.0 Å². The van der Waals surface area contributed by atoms with Gasteiger partial charge in [-0.05, 0) is 12.1 Å². The third-order valence-electron chi connectivity index (χ3n) is 5.13. The third kappa shape index (κ3) is 5.17. The molecule has 2 saturated heterocycles. The molecule has 2 fully saturated rings. The number of hydrogen-bond donors (Lipinski definition) is 0. The van der Waals surface area contributed by atoms with E-state index < -0.39 is 53.1 Å². The first-order valence-corrected chi connectivity index (χ1v) is 11.8. The van der Waals surface area contributed by atoms with Gasteiger partial charge in [0.05, 0.1) is 18.4 Å². The van der Waals surface area contributed by atoms with Crippen molar-refractivity contribution in [1.82, 2.24) is 0 Å². The van der Waals surface area contributed by atoms with Gasteiger partial charge in [-0.2, -0.15) is 8.42 Å². The van der Waals surface area contributed by atoms with Crippen LogP contribution in [-0.4, -0.2) is 65.1 Å². The van der Waals surface area contributed by atoms with Gasteiger partial charge in [0, 0.05) is 12.7 Å². The molecule has 32 heavy (non-hydrogen) atoms. The van der Waals surface area contributed by atoms with Crippen LogP contribution in [0.2, 0.25) is 0 Å². The van der Waals surface area contributed by atoms with Gasteiger partial charge >= 0.3 is 5.97 Å². The summed E-state index contributed by atoms with van der Waals surface area (Å²) in [6.45, 7) is 0.120. The van der Waals surface area contributed by atoms with Gasteiger partial charge in [0.15, 0.2) is 24.8 Å². The topological polar surface area (TPSA) is 107 Å². The second kappa shape index (κ2) is 9.65. The molecule has 4 rings (SSSR count). The van der Waals surface area contributed by atoms with Crippen molar-refractivity contribution in [2.45, 2.75) is 37.0 Å². The number of rotatable bonds is 6. The van der Waals surface area contributed by atoms with E-state index in [0.717, 1.165) is 11.8 Å². The van der Waals surface area contributed by atoms with E-state index in [1.807, 2.05) is 30.3 Å². The number of benzene rings is 2. The van der Waals surface area contributed by atoms with Crippen molar-refractivity contribution in [1.29, 1.82) is 0 Å². The van der Waals surface area contributed by atoms with Crippen LogP contribution in [0.15, 0.2) is 60.7 Å². The van der Waals surface area contributed by atoms with E-state index in [-0.39, 0.29) is 6.61 Å². The molecule has 0 aromatic heterocycles. The minimum absolute atomic E-state index is 0.120. The van der Waals surface area contributed by atoms with E-state index in [2.05, 4.69) is 0 Å². The highest BCUT2D eigenvalue weighted by molar-refractivity contribution is 7.86. The molecule has 2 aliphatic rings. The molecule has 6 atom stereocenters. The van der Waals surface area contributed by atoms with Crippen LogP contribution in [0.1, 0.15) is 22.2 Å². The van der Waals surface area contributed by atoms with Crippen molar-refractivity contribution in [3.05, 3.63) is 71.8 Å². The van der Waals surface area contributed by atoms with Crippen LogP contribution in [0.3, 0.4) is 0 Å². The number of hydrogen-bond acceptors (Lipinski definition) is 9. The van der Waals surface area contributed by atoms with E-state index in [9.17, 15) is 13.2 Å². The summed E-state index contributed by atoms with van der Waals surface area (Å²) in [5.41, 5.74) is 1.06. The first-order valence-electron chi connectivity index (χ1n) is 10.0. The lowest BCUT2D eigenvalue weighted by atomic mass is 9.97. The van der Waals surface area contributed by atoms with Gasteiger partial charge in [-0.1, -0.05) is 48.5 Å². The second-order valence-electron chi connectivity index (χ2n) is 7.46. The van der Waals surface area contributed by atoms with Gasteiger partial charge in [0.1, 0.15) is 12.2 Å². The molecular weight excluding hydrogens is 440 g/mol. The van der Waals surface area contributed by atoms with Gasteiger partial charge in [-0.15, -0.1) is 0 Å². The van der Waals surface area contributed by atoms with Crippen LogP contribution in [0.4, 0.5) is 0 Å². The summed E-state index contributed by atoms with van der Waals surface area (Å²) in [4.78, 5) is 12.8.